The maximum atomic E-state index is 5.73. The molecule has 0 amide bonds. The van der Waals surface area contributed by atoms with E-state index in [9.17, 15) is 0 Å². The van der Waals surface area contributed by atoms with E-state index in [2.05, 4.69) is 38.1 Å². The van der Waals surface area contributed by atoms with Gasteiger partial charge in [0.25, 0.3) is 0 Å². The van der Waals surface area contributed by atoms with Gasteiger partial charge in [0.1, 0.15) is 11.0 Å². The van der Waals surface area contributed by atoms with Crippen molar-refractivity contribution in [3.8, 4) is 0 Å². The molecule has 0 aliphatic rings. The fourth-order valence-corrected chi connectivity index (χ4v) is 2.05. The van der Waals surface area contributed by atoms with Gasteiger partial charge >= 0.3 is 0 Å². The molecule has 0 aliphatic heterocycles. The van der Waals surface area contributed by atoms with E-state index in [1.165, 1.54) is 0 Å². The van der Waals surface area contributed by atoms with E-state index < -0.39 is 0 Å². The van der Waals surface area contributed by atoms with Crippen molar-refractivity contribution >= 4 is 44.9 Å². The summed E-state index contributed by atoms with van der Waals surface area (Å²) in [7, 11) is 0. The number of hydrogen-bond donors (Lipinski definition) is 1. The molecule has 1 rings (SSSR count). The van der Waals surface area contributed by atoms with Crippen LogP contribution in [0.2, 0.25) is 10.4 Å². The molecule has 1 heterocycles. The molecule has 0 bridgehead atoms. The Morgan fingerprint density at radius 1 is 1.50 bits per heavy atom. The molecule has 0 unspecified atom stereocenters. The molecule has 0 spiro atoms. The Bertz CT molecular complexity index is 288. The van der Waals surface area contributed by atoms with Crippen molar-refractivity contribution in [1.29, 1.82) is 0 Å². The number of nitrogens with one attached hydrogen (secondary N) is 1. The van der Waals surface area contributed by atoms with Crippen LogP contribution in [0.3, 0.4) is 0 Å². The van der Waals surface area contributed by atoms with E-state index in [1.807, 2.05) is 0 Å². The molecule has 6 heteroatoms. The maximum absolute atomic E-state index is 5.73. The van der Waals surface area contributed by atoms with E-state index in [0.717, 1.165) is 11.8 Å². The van der Waals surface area contributed by atoms with Crippen molar-refractivity contribution in [3.05, 3.63) is 16.5 Å². The zero-order valence-corrected chi connectivity index (χ0v) is 10.7. The number of anilines is 1. The Morgan fingerprint density at radius 2 is 2.21 bits per heavy atom. The van der Waals surface area contributed by atoms with Crippen LogP contribution in [0.1, 0.15) is 13.3 Å². The van der Waals surface area contributed by atoms with Crippen LogP contribution in [0.25, 0.3) is 0 Å². The topological polar surface area (TPSA) is 37.8 Å². The lowest BCUT2D eigenvalue weighted by Gasteiger charge is -2.12. The highest BCUT2D eigenvalue weighted by molar-refractivity contribution is 9.09. The van der Waals surface area contributed by atoms with Gasteiger partial charge in [-0.3, -0.25) is 0 Å². The molecule has 0 aliphatic carbocycles. The molecule has 78 valence electrons. The first-order chi connectivity index (χ1) is 6.61. The van der Waals surface area contributed by atoms with Gasteiger partial charge < -0.3 is 5.32 Å². The third-order valence-corrected chi connectivity index (χ3v) is 2.42. The molecule has 1 aromatic heterocycles. The maximum Gasteiger partial charge on any atom is 0.225 e. The van der Waals surface area contributed by atoms with Crippen LogP contribution in [-0.4, -0.2) is 21.3 Å². The normalized spacial score (nSPS) is 12.6. The smallest absolute Gasteiger partial charge is 0.225 e. The summed E-state index contributed by atoms with van der Waals surface area (Å²) >= 11 is 14.7. The third kappa shape index (κ3) is 3.98. The highest BCUT2D eigenvalue weighted by atomic mass is 79.9. The first-order valence-corrected chi connectivity index (χ1v) is 6.02. The van der Waals surface area contributed by atoms with Gasteiger partial charge in [0.15, 0.2) is 0 Å². The van der Waals surface area contributed by atoms with Crippen LogP contribution < -0.4 is 5.32 Å². The standard InChI is InChI=1S/C8H10BrCl2N3/c1-5(2-3-9)12-7-4-6(10)13-8(11)14-7/h4-5H,2-3H2,1H3,(H,12,13,14)/t5-/m1/s1. The van der Waals surface area contributed by atoms with Crippen molar-refractivity contribution in [2.45, 2.75) is 19.4 Å². The minimum atomic E-state index is 0.158. The molecule has 3 nitrogen and oxygen atoms in total. The zero-order chi connectivity index (χ0) is 10.6. The number of aromatic nitrogens is 2. The summed E-state index contributed by atoms with van der Waals surface area (Å²) in [6.45, 7) is 2.06. The Kier molecular flexibility index (Phi) is 4.92. The molecule has 0 aromatic carbocycles. The van der Waals surface area contributed by atoms with E-state index in [1.54, 1.807) is 6.07 Å². The van der Waals surface area contributed by atoms with Crippen LogP contribution in [-0.2, 0) is 0 Å². The second-order valence-electron chi connectivity index (χ2n) is 2.87. The molecule has 0 saturated carbocycles. The zero-order valence-electron chi connectivity index (χ0n) is 7.60. The summed E-state index contributed by atoms with van der Waals surface area (Å²) < 4.78 is 0. The second-order valence-corrected chi connectivity index (χ2v) is 4.39. The average Bonchev–Trinajstić information content (AvgIpc) is 2.01. The van der Waals surface area contributed by atoms with Gasteiger partial charge in [0, 0.05) is 17.4 Å². The predicted octanol–water partition coefficient (Wildman–Crippen LogP) is 3.37. The largest absolute Gasteiger partial charge is 0.367 e. The first kappa shape index (κ1) is 12.0. The lowest BCUT2D eigenvalue weighted by atomic mass is 10.2. The Morgan fingerprint density at radius 3 is 2.79 bits per heavy atom. The third-order valence-electron chi connectivity index (χ3n) is 1.60. The van der Waals surface area contributed by atoms with Crippen LogP contribution >= 0.6 is 39.1 Å². The predicted molar refractivity (Wildman–Crippen MR) is 63.5 cm³/mol. The fourth-order valence-electron chi connectivity index (χ4n) is 0.952. The highest BCUT2D eigenvalue weighted by Gasteiger charge is 2.04. The van der Waals surface area contributed by atoms with Crippen LogP contribution in [0.5, 0.6) is 0 Å². The Balaban J connectivity index is 2.66. The van der Waals surface area contributed by atoms with Crippen LogP contribution in [0.4, 0.5) is 5.82 Å². The average molecular weight is 299 g/mol. The molecule has 0 fully saturated rings. The van der Waals surface area contributed by atoms with E-state index in [4.69, 9.17) is 23.2 Å². The quantitative estimate of drug-likeness (QED) is 0.526. The van der Waals surface area contributed by atoms with Gasteiger partial charge in [-0.05, 0) is 24.9 Å². The van der Waals surface area contributed by atoms with Crippen molar-refractivity contribution in [2.75, 3.05) is 10.6 Å². The number of rotatable bonds is 4. The summed E-state index contributed by atoms with van der Waals surface area (Å²) in [4.78, 5) is 7.76. The number of halogens is 3. The summed E-state index contributed by atoms with van der Waals surface area (Å²) in [5, 5.41) is 4.62. The molecule has 14 heavy (non-hydrogen) atoms. The summed E-state index contributed by atoms with van der Waals surface area (Å²) in [5.74, 6) is 0.656. The Labute approximate surface area is 101 Å². The Hall–Kier alpha value is -0.0600. The monoisotopic (exact) mass is 297 g/mol. The molecule has 1 atom stereocenters. The minimum absolute atomic E-state index is 0.158. The summed E-state index contributed by atoms with van der Waals surface area (Å²) in [6.07, 6.45) is 0.999. The molecular formula is C8H10BrCl2N3. The van der Waals surface area contributed by atoms with Gasteiger partial charge in [0.2, 0.25) is 5.28 Å². The van der Waals surface area contributed by atoms with E-state index in [-0.39, 0.29) is 5.28 Å². The molecule has 0 saturated heterocycles. The SMILES string of the molecule is C[C@H](CCBr)Nc1cc(Cl)nc(Cl)n1. The number of alkyl halides is 1. The molecule has 0 radical (unpaired) electrons. The van der Waals surface area contributed by atoms with E-state index in [0.29, 0.717) is 17.0 Å². The van der Waals surface area contributed by atoms with Crippen molar-refractivity contribution in [3.63, 3.8) is 0 Å². The van der Waals surface area contributed by atoms with Crippen LogP contribution in [0, 0.1) is 0 Å². The lowest BCUT2D eigenvalue weighted by Crippen LogP contribution is -2.16. The fraction of sp³-hybridized carbons (Fsp3) is 0.500. The first-order valence-electron chi connectivity index (χ1n) is 4.14. The van der Waals surface area contributed by atoms with Crippen molar-refractivity contribution in [1.82, 2.24) is 9.97 Å². The number of hydrogen-bond acceptors (Lipinski definition) is 3. The van der Waals surface area contributed by atoms with Crippen molar-refractivity contribution < 1.29 is 0 Å². The molecule has 1 N–H and O–H groups in total. The van der Waals surface area contributed by atoms with Gasteiger partial charge in [0.05, 0.1) is 0 Å². The van der Waals surface area contributed by atoms with E-state index >= 15 is 0 Å². The molecular weight excluding hydrogens is 289 g/mol. The lowest BCUT2D eigenvalue weighted by molar-refractivity contribution is 0.769. The van der Waals surface area contributed by atoms with Gasteiger partial charge in [-0.25, -0.2) is 9.97 Å². The minimum Gasteiger partial charge on any atom is -0.367 e. The second kappa shape index (κ2) is 5.73. The summed E-state index contributed by atoms with van der Waals surface area (Å²) in [6, 6.07) is 1.97. The van der Waals surface area contributed by atoms with Gasteiger partial charge in [-0.15, -0.1) is 0 Å². The van der Waals surface area contributed by atoms with Gasteiger partial charge in [-0.2, -0.15) is 0 Å². The molecule has 1 aromatic rings. The number of nitrogens with zero attached hydrogens (tertiary/aromatic N) is 2. The summed E-state index contributed by atoms with van der Waals surface area (Å²) in [5.41, 5.74) is 0. The van der Waals surface area contributed by atoms with Crippen LogP contribution in [0.15, 0.2) is 6.07 Å². The van der Waals surface area contributed by atoms with Gasteiger partial charge in [-0.1, -0.05) is 27.5 Å². The highest BCUT2D eigenvalue weighted by Crippen LogP contribution is 2.15. The van der Waals surface area contributed by atoms with Crippen molar-refractivity contribution in [2.24, 2.45) is 0 Å².